The van der Waals surface area contributed by atoms with Gasteiger partial charge in [-0.2, -0.15) is 0 Å². The number of rotatable bonds is 9. The van der Waals surface area contributed by atoms with E-state index in [1.165, 1.54) is 31.4 Å². The molecule has 5 heteroatoms. The lowest BCUT2D eigenvalue weighted by atomic mass is 10.0. The fourth-order valence-corrected chi connectivity index (χ4v) is 4.56. The molecule has 0 bridgehead atoms. The zero-order valence-electron chi connectivity index (χ0n) is 18.6. The van der Waals surface area contributed by atoms with Crippen molar-refractivity contribution in [2.45, 2.75) is 58.0 Å². The van der Waals surface area contributed by atoms with Crippen molar-refractivity contribution in [3.8, 4) is 11.5 Å². The van der Waals surface area contributed by atoms with E-state index in [1.54, 1.807) is 0 Å². The van der Waals surface area contributed by atoms with E-state index in [2.05, 4.69) is 24.0 Å². The van der Waals surface area contributed by atoms with Crippen LogP contribution in [0.1, 0.15) is 50.2 Å². The highest BCUT2D eigenvalue weighted by Gasteiger charge is 2.20. The number of carbonyl (C=O) groups is 1. The quantitative estimate of drug-likeness (QED) is 0.590. The van der Waals surface area contributed by atoms with Gasteiger partial charge in [0, 0.05) is 32.1 Å². The van der Waals surface area contributed by atoms with Crippen molar-refractivity contribution in [1.29, 1.82) is 0 Å². The Bertz CT molecular complexity index is 855. The third kappa shape index (κ3) is 6.01. The Morgan fingerprint density at radius 3 is 2.74 bits per heavy atom. The van der Waals surface area contributed by atoms with Crippen LogP contribution < -0.4 is 9.47 Å². The fourth-order valence-electron chi connectivity index (χ4n) is 4.56. The van der Waals surface area contributed by atoms with Crippen LogP contribution in [0.25, 0.3) is 0 Å². The second-order valence-electron chi connectivity index (χ2n) is 8.72. The van der Waals surface area contributed by atoms with Crippen LogP contribution in [0.3, 0.4) is 0 Å². The second-order valence-corrected chi connectivity index (χ2v) is 8.72. The third-order valence-corrected chi connectivity index (χ3v) is 6.45. The molecule has 0 N–H and O–H groups in total. The average Bonchev–Trinajstić information content (AvgIpc) is 3.27. The Kier molecular flexibility index (Phi) is 7.47. The van der Waals surface area contributed by atoms with E-state index < -0.39 is 0 Å². The monoisotopic (exact) mass is 422 g/mol. The zero-order valence-corrected chi connectivity index (χ0v) is 18.6. The van der Waals surface area contributed by atoms with Gasteiger partial charge >= 0.3 is 0 Å². The lowest BCUT2D eigenvalue weighted by molar-refractivity contribution is -0.131. The van der Waals surface area contributed by atoms with Gasteiger partial charge in [0.05, 0.1) is 0 Å². The summed E-state index contributed by atoms with van der Waals surface area (Å²) in [5.41, 5.74) is 2.30. The number of fused-ring (bicyclic) bond motifs is 1. The number of amides is 1. The maximum atomic E-state index is 13.2. The number of hydrogen-bond acceptors (Lipinski definition) is 4. The smallest absolute Gasteiger partial charge is 0.231 e. The second kappa shape index (κ2) is 10.7. The molecule has 0 radical (unpaired) electrons. The first kappa shape index (κ1) is 21.7. The fraction of sp³-hybridized carbons (Fsp3) is 0.500. The van der Waals surface area contributed by atoms with Crippen LogP contribution in [-0.4, -0.2) is 48.2 Å². The Hall–Kier alpha value is -2.53. The molecule has 5 nitrogen and oxygen atoms in total. The summed E-state index contributed by atoms with van der Waals surface area (Å²) in [6.07, 6.45) is 6.24. The standard InChI is InChI=1S/C26H34N2O3/c1-21-8-5-6-15-27(21)16-7-17-28(26(29)14-12-22-9-3-2-4-10-22)19-23-11-13-24-25(18-23)31-20-30-24/h2-4,9-11,13,18,21H,5-8,12,14-17,19-20H2,1H3. The minimum absolute atomic E-state index is 0.216. The van der Waals surface area contributed by atoms with Crippen molar-refractivity contribution in [1.82, 2.24) is 9.80 Å². The molecule has 0 saturated carbocycles. The van der Waals surface area contributed by atoms with Gasteiger partial charge in [0.15, 0.2) is 11.5 Å². The van der Waals surface area contributed by atoms with Gasteiger partial charge in [0.2, 0.25) is 12.7 Å². The van der Waals surface area contributed by atoms with Crippen LogP contribution >= 0.6 is 0 Å². The highest BCUT2D eigenvalue weighted by Crippen LogP contribution is 2.33. The van der Waals surface area contributed by atoms with Crippen molar-refractivity contribution >= 4 is 5.91 Å². The molecule has 0 aromatic heterocycles. The Labute approximate surface area is 185 Å². The number of nitrogens with zero attached hydrogens (tertiary/aromatic N) is 2. The maximum Gasteiger partial charge on any atom is 0.231 e. The highest BCUT2D eigenvalue weighted by atomic mass is 16.7. The van der Waals surface area contributed by atoms with Gasteiger partial charge < -0.3 is 19.3 Å². The molecule has 2 heterocycles. The summed E-state index contributed by atoms with van der Waals surface area (Å²) in [5.74, 6) is 1.77. The van der Waals surface area contributed by atoms with E-state index in [0.717, 1.165) is 43.0 Å². The van der Waals surface area contributed by atoms with Gasteiger partial charge in [0.25, 0.3) is 0 Å². The minimum atomic E-state index is 0.216. The molecule has 2 aromatic carbocycles. The summed E-state index contributed by atoms with van der Waals surface area (Å²) in [6, 6.07) is 16.9. The summed E-state index contributed by atoms with van der Waals surface area (Å²) in [7, 11) is 0. The summed E-state index contributed by atoms with van der Waals surface area (Å²) < 4.78 is 11.0. The predicted molar refractivity (Wildman–Crippen MR) is 122 cm³/mol. The molecular weight excluding hydrogens is 388 g/mol. The van der Waals surface area contributed by atoms with Crippen LogP contribution in [-0.2, 0) is 17.8 Å². The topological polar surface area (TPSA) is 42.0 Å². The Morgan fingerprint density at radius 1 is 1.06 bits per heavy atom. The molecular formula is C26H34N2O3. The van der Waals surface area contributed by atoms with Gasteiger partial charge in [-0.25, -0.2) is 0 Å². The molecule has 2 aromatic rings. The molecule has 1 saturated heterocycles. The molecule has 31 heavy (non-hydrogen) atoms. The minimum Gasteiger partial charge on any atom is -0.454 e. The Balaban J connectivity index is 1.37. The first-order valence-corrected chi connectivity index (χ1v) is 11.6. The van der Waals surface area contributed by atoms with Crippen LogP contribution in [0.15, 0.2) is 48.5 Å². The Morgan fingerprint density at radius 2 is 1.90 bits per heavy atom. The zero-order chi connectivity index (χ0) is 21.5. The molecule has 1 unspecified atom stereocenters. The molecule has 1 amide bonds. The molecule has 2 aliphatic heterocycles. The normalized spacial score (nSPS) is 18.2. The van der Waals surface area contributed by atoms with Crippen LogP contribution in [0, 0.1) is 0 Å². The van der Waals surface area contributed by atoms with Crippen molar-refractivity contribution in [3.63, 3.8) is 0 Å². The lowest BCUT2D eigenvalue weighted by Crippen LogP contribution is -2.40. The van der Waals surface area contributed by atoms with E-state index >= 15 is 0 Å². The van der Waals surface area contributed by atoms with Gasteiger partial charge in [-0.15, -0.1) is 0 Å². The summed E-state index contributed by atoms with van der Waals surface area (Å²) in [4.78, 5) is 17.8. The number of hydrogen-bond donors (Lipinski definition) is 0. The van der Waals surface area contributed by atoms with Gasteiger partial charge in [-0.3, -0.25) is 4.79 Å². The molecule has 2 aliphatic rings. The van der Waals surface area contributed by atoms with Gasteiger partial charge in [0.1, 0.15) is 0 Å². The maximum absolute atomic E-state index is 13.2. The third-order valence-electron chi connectivity index (χ3n) is 6.45. The first-order chi connectivity index (χ1) is 15.2. The molecule has 1 atom stereocenters. The summed E-state index contributed by atoms with van der Waals surface area (Å²) >= 11 is 0. The van der Waals surface area contributed by atoms with E-state index in [-0.39, 0.29) is 12.7 Å². The molecule has 0 spiro atoms. The molecule has 166 valence electrons. The number of carbonyl (C=O) groups excluding carboxylic acids is 1. The first-order valence-electron chi connectivity index (χ1n) is 11.6. The van der Waals surface area contributed by atoms with E-state index in [0.29, 0.717) is 19.0 Å². The number of aryl methyl sites for hydroxylation is 1. The summed E-state index contributed by atoms with van der Waals surface area (Å²) in [5, 5.41) is 0. The highest BCUT2D eigenvalue weighted by molar-refractivity contribution is 5.76. The number of ether oxygens (including phenoxy) is 2. The predicted octanol–water partition coefficient (Wildman–Crippen LogP) is 4.64. The van der Waals surface area contributed by atoms with E-state index in [1.807, 2.05) is 41.3 Å². The van der Waals surface area contributed by atoms with Gasteiger partial charge in [-0.1, -0.05) is 42.8 Å². The van der Waals surface area contributed by atoms with Crippen molar-refractivity contribution in [2.75, 3.05) is 26.4 Å². The molecule has 1 fully saturated rings. The number of benzene rings is 2. The summed E-state index contributed by atoms with van der Waals surface area (Å²) in [6.45, 7) is 6.24. The lowest BCUT2D eigenvalue weighted by Gasteiger charge is -2.34. The van der Waals surface area contributed by atoms with E-state index in [4.69, 9.17) is 9.47 Å². The van der Waals surface area contributed by atoms with Crippen LogP contribution in [0.2, 0.25) is 0 Å². The number of likely N-dealkylation sites (tertiary alicyclic amines) is 1. The van der Waals surface area contributed by atoms with Crippen molar-refractivity contribution in [2.24, 2.45) is 0 Å². The van der Waals surface area contributed by atoms with Crippen molar-refractivity contribution in [3.05, 3.63) is 59.7 Å². The SMILES string of the molecule is CC1CCCCN1CCCN(Cc1ccc2c(c1)OCO2)C(=O)CCc1ccccc1. The van der Waals surface area contributed by atoms with Crippen LogP contribution in [0.5, 0.6) is 11.5 Å². The molecule has 4 rings (SSSR count). The van der Waals surface area contributed by atoms with Gasteiger partial charge in [-0.05, 0) is 62.4 Å². The van der Waals surface area contributed by atoms with Crippen molar-refractivity contribution < 1.29 is 14.3 Å². The molecule has 0 aliphatic carbocycles. The average molecular weight is 423 g/mol. The number of piperidine rings is 1. The largest absolute Gasteiger partial charge is 0.454 e. The van der Waals surface area contributed by atoms with E-state index in [9.17, 15) is 4.79 Å². The van der Waals surface area contributed by atoms with Crippen LogP contribution in [0.4, 0.5) is 0 Å².